The first-order valence-electron chi connectivity index (χ1n) is 4.88. The molecule has 15 heavy (non-hydrogen) atoms. The van der Waals surface area contributed by atoms with Gasteiger partial charge in [0.25, 0.3) is 5.91 Å². The number of carbonyl (C=O) groups is 1. The maximum atomic E-state index is 12.0. The number of carbonyl (C=O) groups excluding carboxylic acids is 1. The fraction of sp³-hybridized carbons (Fsp3) is 0.500. The second-order valence-corrected chi connectivity index (χ2v) is 4.37. The fourth-order valence-corrected chi connectivity index (χ4v) is 1.87. The van der Waals surface area contributed by atoms with Gasteiger partial charge in [0.05, 0.1) is 12.2 Å². The molecule has 5 heteroatoms. The predicted molar refractivity (Wildman–Crippen MR) is 57.6 cm³/mol. The van der Waals surface area contributed by atoms with Crippen LogP contribution in [0.3, 0.4) is 0 Å². The number of aliphatic hydroxyl groups excluding tert-OH is 1. The van der Waals surface area contributed by atoms with E-state index in [0.717, 1.165) is 12.8 Å². The van der Waals surface area contributed by atoms with E-state index in [1.165, 1.54) is 6.26 Å². The first-order valence-corrected chi connectivity index (χ1v) is 5.67. The number of hydrogen-bond acceptors (Lipinski definition) is 3. The summed E-state index contributed by atoms with van der Waals surface area (Å²) in [7, 11) is 0. The number of hydrogen-bond donors (Lipinski definition) is 1. The van der Waals surface area contributed by atoms with Crippen molar-refractivity contribution in [3.05, 3.63) is 22.6 Å². The summed E-state index contributed by atoms with van der Waals surface area (Å²) >= 11 is 3.15. The molecule has 0 unspecified atom stereocenters. The van der Waals surface area contributed by atoms with Gasteiger partial charge in [-0.25, -0.2) is 0 Å². The topological polar surface area (TPSA) is 53.7 Å². The molecular formula is C10H12BrNO3. The lowest BCUT2D eigenvalue weighted by atomic mass is 10.3. The van der Waals surface area contributed by atoms with Crippen LogP contribution in [0.1, 0.15) is 23.2 Å². The molecule has 1 aliphatic rings. The second kappa shape index (κ2) is 4.37. The van der Waals surface area contributed by atoms with Crippen LogP contribution in [0, 0.1) is 0 Å². The van der Waals surface area contributed by atoms with E-state index in [0.29, 0.717) is 22.8 Å². The number of aliphatic hydroxyl groups is 1. The first-order chi connectivity index (χ1) is 7.22. The number of amides is 1. The van der Waals surface area contributed by atoms with E-state index in [1.807, 2.05) is 0 Å². The monoisotopic (exact) mass is 273 g/mol. The normalized spacial score (nSPS) is 15.3. The first kappa shape index (κ1) is 10.7. The predicted octanol–water partition coefficient (Wildman–Crippen LogP) is 1.64. The molecule has 1 aromatic heterocycles. The van der Waals surface area contributed by atoms with E-state index in [-0.39, 0.29) is 12.5 Å². The van der Waals surface area contributed by atoms with Gasteiger partial charge < -0.3 is 14.4 Å². The largest absolute Gasteiger partial charge is 0.457 e. The second-order valence-electron chi connectivity index (χ2n) is 3.59. The van der Waals surface area contributed by atoms with Gasteiger partial charge in [0.1, 0.15) is 6.26 Å². The molecule has 82 valence electrons. The van der Waals surface area contributed by atoms with Crippen molar-refractivity contribution in [3.63, 3.8) is 0 Å². The Labute approximate surface area is 96.0 Å². The van der Waals surface area contributed by atoms with E-state index < -0.39 is 0 Å². The smallest absolute Gasteiger partial charge is 0.257 e. The average molecular weight is 274 g/mol. The molecule has 0 spiro atoms. The molecule has 0 bridgehead atoms. The Morgan fingerprint density at radius 1 is 1.67 bits per heavy atom. The van der Waals surface area contributed by atoms with Gasteiger partial charge in [-0.3, -0.25) is 4.79 Å². The molecule has 0 aromatic carbocycles. The van der Waals surface area contributed by atoms with Crippen molar-refractivity contribution in [2.24, 2.45) is 0 Å². The van der Waals surface area contributed by atoms with Crippen LogP contribution >= 0.6 is 15.9 Å². The van der Waals surface area contributed by atoms with Crippen LogP contribution in [0.2, 0.25) is 0 Å². The van der Waals surface area contributed by atoms with Crippen molar-refractivity contribution in [2.75, 3.05) is 13.2 Å². The molecule has 0 saturated heterocycles. The van der Waals surface area contributed by atoms with Crippen LogP contribution in [0.4, 0.5) is 0 Å². The lowest BCUT2D eigenvalue weighted by Gasteiger charge is -2.20. The highest BCUT2D eigenvalue weighted by molar-refractivity contribution is 9.10. The molecule has 4 nitrogen and oxygen atoms in total. The summed E-state index contributed by atoms with van der Waals surface area (Å²) in [6.07, 6.45) is 3.49. The molecule has 1 amide bonds. The van der Waals surface area contributed by atoms with Crippen molar-refractivity contribution in [1.29, 1.82) is 0 Å². The molecule has 1 heterocycles. The van der Waals surface area contributed by atoms with Crippen LogP contribution in [0.25, 0.3) is 0 Å². The molecular weight excluding hydrogens is 262 g/mol. The minimum Gasteiger partial charge on any atom is -0.457 e. The highest BCUT2D eigenvalue weighted by Gasteiger charge is 2.33. The summed E-state index contributed by atoms with van der Waals surface area (Å²) in [4.78, 5) is 13.7. The third-order valence-electron chi connectivity index (χ3n) is 2.40. The van der Waals surface area contributed by atoms with Gasteiger partial charge in [-0.1, -0.05) is 0 Å². The molecule has 0 aliphatic heterocycles. The summed E-state index contributed by atoms with van der Waals surface area (Å²) in [6, 6.07) is 1.95. The number of halogens is 1. The van der Waals surface area contributed by atoms with E-state index in [9.17, 15) is 4.79 Å². The Morgan fingerprint density at radius 3 is 2.87 bits per heavy atom. The van der Waals surface area contributed by atoms with Crippen molar-refractivity contribution in [1.82, 2.24) is 4.90 Å². The van der Waals surface area contributed by atoms with Crippen molar-refractivity contribution < 1.29 is 14.3 Å². The zero-order valence-electron chi connectivity index (χ0n) is 8.15. The lowest BCUT2D eigenvalue weighted by Crippen LogP contribution is -2.35. The third kappa shape index (κ3) is 2.41. The standard InChI is InChI=1S/C10H12BrNO3/c11-9-5-7(6-15-9)10(14)12(3-4-13)8-1-2-8/h5-6,8,13H,1-4H2. The van der Waals surface area contributed by atoms with Gasteiger partial charge >= 0.3 is 0 Å². The van der Waals surface area contributed by atoms with Gasteiger partial charge in [0.15, 0.2) is 4.67 Å². The number of nitrogens with zero attached hydrogens (tertiary/aromatic N) is 1. The van der Waals surface area contributed by atoms with Gasteiger partial charge in [-0.2, -0.15) is 0 Å². The zero-order valence-corrected chi connectivity index (χ0v) is 9.74. The molecule has 1 saturated carbocycles. The molecule has 0 radical (unpaired) electrons. The SMILES string of the molecule is O=C(c1coc(Br)c1)N(CCO)C1CC1. The molecule has 1 N–H and O–H groups in total. The van der Waals surface area contributed by atoms with E-state index >= 15 is 0 Å². The number of furan rings is 1. The molecule has 1 aromatic rings. The van der Waals surface area contributed by atoms with Gasteiger partial charge in [-0.05, 0) is 28.8 Å². The van der Waals surface area contributed by atoms with Crippen LogP contribution in [0.5, 0.6) is 0 Å². The summed E-state index contributed by atoms with van der Waals surface area (Å²) in [5, 5.41) is 8.89. The maximum absolute atomic E-state index is 12.0. The average Bonchev–Trinajstić information content (AvgIpc) is 2.96. The quantitative estimate of drug-likeness (QED) is 0.908. The Bertz CT molecular complexity index is 359. The van der Waals surface area contributed by atoms with Crippen LogP contribution in [-0.2, 0) is 0 Å². The molecule has 1 aliphatic carbocycles. The summed E-state index contributed by atoms with van der Waals surface area (Å²) in [5.41, 5.74) is 0.530. The molecule has 2 rings (SSSR count). The highest BCUT2D eigenvalue weighted by Crippen LogP contribution is 2.28. The van der Waals surface area contributed by atoms with Crippen LogP contribution in [-0.4, -0.2) is 35.1 Å². The van der Waals surface area contributed by atoms with Crippen molar-refractivity contribution >= 4 is 21.8 Å². The lowest BCUT2D eigenvalue weighted by molar-refractivity contribution is 0.0707. The molecule has 1 fully saturated rings. The summed E-state index contributed by atoms with van der Waals surface area (Å²) in [5.74, 6) is -0.0685. The fourth-order valence-electron chi connectivity index (χ4n) is 1.53. The highest BCUT2D eigenvalue weighted by atomic mass is 79.9. The zero-order chi connectivity index (χ0) is 10.8. The number of rotatable bonds is 4. The Balaban J connectivity index is 2.10. The van der Waals surface area contributed by atoms with Crippen LogP contribution < -0.4 is 0 Å². The van der Waals surface area contributed by atoms with E-state index in [2.05, 4.69) is 15.9 Å². The minimum absolute atomic E-state index is 0.00125. The van der Waals surface area contributed by atoms with E-state index in [1.54, 1.807) is 11.0 Å². The summed E-state index contributed by atoms with van der Waals surface area (Å²) < 4.78 is 5.57. The maximum Gasteiger partial charge on any atom is 0.257 e. The third-order valence-corrected chi connectivity index (χ3v) is 2.82. The Kier molecular flexibility index (Phi) is 3.11. The molecule has 0 atom stereocenters. The van der Waals surface area contributed by atoms with E-state index in [4.69, 9.17) is 9.52 Å². The van der Waals surface area contributed by atoms with Crippen molar-refractivity contribution in [2.45, 2.75) is 18.9 Å². The van der Waals surface area contributed by atoms with Crippen molar-refractivity contribution in [3.8, 4) is 0 Å². The van der Waals surface area contributed by atoms with Crippen LogP contribution in [0.15, 0.2) is 21.4 Å². The summed E-state index contributed by atoms with van der Waals surface area (Å²) in [6.45, 7) is 0.396. The Hall–Kier alpha value is -0.810. The van der Waals surface area contributed by atoms with Gasteiger partial charge in [0.2, 0.25) is 0 Å². The minimum atomic E-state index is -0.0685. The Morgan fingerprint density at radius 2 is 2.40 bits per heavy atom. The van der Waals surface area contributed by atoms with Gasteiger partial charge in [0, 0.05) is 18.7 Å². The van der Waals surface area contributed by atoms with Gasteiger partial charge in [-0.15, -0.1) is 0 Å².